The van der Waals surface area contributed by atoms with Gasteiger partial charge in [-0.25, -0.2) is 8.78 Å². The van der Waals surface area contributed by atoms with Crippen LogP contribution in [0.2, 0.25) is 0 Å². The Morgan fingerprint density at radius 3 is 2.69 bits per heavy atom. The maximum atomic E-state index is 12.0. The molecule has 0 aliphatic carbocycles. The highest BCUT2D eigenvalue weighted by atomic mass is 79.9. The van der Waals surface area contributed by atoms with Crippen molar-refractivity contribution in [1.82, 2.24) is 0 Å². The summed E-state index contributed by atoms with van der Waals surface area (Å²) in [7, 11) is 0. The topological polar surface area (TPSA) is 9.23 Å². The van der Waals surface area contributed by atoms with Crippen molar-refractivity contribution in [2.75, 3.05) is 6.61 Å². The van der Waals surface area contributed by atoms with Crippen LogP contribution < -0.4 is 4.74 Å². The second kappa shape index (κ2) is 4.78. The van der Waals surface area contributed by atoms with E-state index in [1.54, 1.807) is 12.1 Å². The smallest absolute Gasteiger partial charge is 0.272 e. The molecule has 0 spiro atoms. The van der Waals surface area contributed by atoms with Crippen molar-refractivity contribution in [2.24, 2.45) is 0 Å². The molecule has 0 amide bonds. The maximum Gasteiger partial charge on any atom is 0.272 e. The minimum absolute atomic E-state index is 0.450. The van der Waals surface area contributed by atoms with Gasteiger partial charge in [-0.2, -0.15) is 0 Å². The van der Waals surface area contributed by atoms with Gasteiger partial charge in [0, 0.05) is 4.47 Å². The quantitative estimate of drug-likeness (QED) is 0.820. The van der Waals surface area contributed by atoms with E-state index >= 15 is 0 Å². The first kappa shape index (κ1) is 11.3. The van der Waals surface area contributed by atoms with Crippen molar-refractivity contribution in [2.45, 2.75) is 6.43 Å². The SMILES string of the molecule is FC(F)COc1cc(Br)c2ccccc2c1. The number of halogens is 3. The zero-order chi connectivity index (χ0) is 11.5. The number of hydrogen-bond donors (Lipinski definition) is 0. The lowest BCUT2D eigenvalue weighted by atomic mass is 10.1. The van der Waals surface area contributed by atoms with Gasteiger partial charge < -0.3 is 4.74 Å². The van der Waals surface area contributed by atoms with Gasteiger partial charge in [-0.15, -0.1) is 0 Å². The van der Waals surface area contributed by atoms with Crippen LogP contribution in [-0.4, -0.2) is 13.0 Å². The zero-order valence-corrected chi connectivity index (χ0v) is 9.88. The van der Waals surface area contributed by atoms with Crippen LogP contribution in [0, 0.1) is 0 Å². The summed E-state index contributed by atoms with van der Waals surface area (Å²) in [4.78, 5) is 0. The van der Waals surface area contributed by atoms with Crippen molar-refractivity contribution >= 4 is 26.7 Å². The Morgan fingerprint density at radius 2 is 1.94 bits per heavy atom. The van der Waals surface area contributed by atoms with Crippen molar-refractivity contribution in [1.29, 1.82) is 0 Å². The average molecular weight is 287 g/mol. The zero-order valence-electron chi connectivity index (χ0n) is 8.29. The van der Waals surface area contributed by atoms with Gasteiger partial charge in [0.25, 0.3) is 6.43 Å². The lowest BCUT2D eigenvalue weighted by Gasteiger charge is -2.08. The van der Waals surface area contributed by atoms with Crippen LogP contribution in [0.25, 0.3) is 10.8 Å². The molecule has 0 saturated heterocycles. The number of hydrogen-bond acceptors (Lipinski definition) is 1. The van der Waals surface area contributed by atoms with Gasteiger partial charge in [0.2, 0.25) is 0 Å². The number of ether oxygens (including phenoxy) is 1. The van der Waals surface area contributed by atoms with Gasteiger partial charge in [-0.3, -0.25) is 0 Å². The molecule has 0 radical (unpaired) electrons. The normalized spacial score (nSPS) is 11.0. The Morgan fingerprint density at radius 1 is 1.19 bits per heavy atom. The van der Waals surface area contributed by atoms with Gasteiger partial charge in [0.15, 0.2) is 0 Å². The fraction of sp³-hybridized carbons (Fsp3) is 0.167. The van der Waals surface area contributed by atoms with Crippen LogP contribution in [0.4, 0.5) is 8.78 Å². The van der Waals surface area contributed by atoms with E-state index in [4.69, 9.17) is 4.74 Å². The molecule has 2 aromatic carbocycles. The fourth-order valence-corrected chi connectivity index (χ4v) is 2.07. The second-order valence-electron chi connectivity index (χ2n) is 3.33. The van der Waals surface area contributed by atoms with E-state index in [2.05, 4.69) is 15.9 Å². The molecule has 84 valence electrons. The van der Waals surface area contributed by atoms with Gasteiger partial charge in [0.05, 0.1) is 0 Å². The molecule has 16 heavy (non-hydrogen) atoms. The van der Waals surface area contributed by atoms with E-state index in [0.29, 0.717) is 5.75 Å². The van der Waals surface area contributed by atoms with E-state index in [0.717, 1.165) is 15.2 Å². The van der Waals surface area contributed by atoms with Gasteiger partial charge >= 0.3 is 0 Å². The monoisotopic (exact) mass is 286 g/mol. The molecule has 0 heterocycles. The molecule has 0 aromatic heterocycles. The van der Waals surface area contributed by atoms with Crippen molar-refractivity contribution in [3.63, 3.8) is 0 Å². The third-order valence-corrected chi connectivity index (χ3v) is 2.82. The van der Waals surface area contributed by atoms with Crippen LogP contribution in [-0.2, 0) is 0 Å². The van der Waals surface area contributed by atoms with Crippen LogP contribution in [0.15, 0.2) is 40.9 Å². The summed E-state index contributed by atoms with van der Waals surface area (Å²) in [6.07, 6.45) is -2.45. The number of fused-ring (bicyclic) bond motifs is 1. The summed E-state index contributed by atoms with van der Waals surface area (Å²) >= 11 is 3.39. The highest BCUT2D eigenvalue weighted by molar-refractivity contribution is 9.10. The summed E-state index contributed by atoms with van der Waals surface area (Å²) in [6.45, 7) is -0.579. The Labute approximate surface area is 100 Å². The molecule has 2 rings (SSSR count). The molecule has 0 atom stereocenters. The first-order valence-corrected chi connectivity index (χ1v) is 5.55. The summed E-state index contributed by atoms with van der Waals surface area (Å²) < 4.78 is 29.8. The molecule has 0 aliphatic rings. The lowest BCUT2D eigenvalue weighted by Crippen LogP contribution is -2.06. The number of benzene rings is 2. The van der Waals surface area contributed by atoms with Crippen LogP contribution >= 0.6 is 15.9 Å². The fourth-order valence-electron chi connectivity index (χ4n) is 1.48. The Hall–Kier alpha value is -1.16. The molecular weight excluding hydrogens is 278 g/mol. The molecule has 4 heteroatoms. The van der Waals surface area contributed by atoms with E-state index in [1.165, 1.54) is 0 Å². The van der Waals surface area contributed by atoms with Crippen molar-refractivity contribution in [3.05, 3.63) is 40.9 Å². The molecule has 0 bridgehead atoms. The van der Waals surface area contributed by atoms with Gasteiger partial charge in [-0.05, 0) is 22.9 Å². The Balaban J connectivity index is 2.34. The second-order valence-corrected chi connectivity index (χ2v) is 4.18. The third-order valence-electron chi connectivity index (χ3n) is 2.16. The third kappa shape index (κ3) is 2.50. The average Bonchev–Trinajstić information content (AvgIpc) is 2.26. The first-order valence-electron chi connectivity index (χ1n) is 4.76. The molecular formula is C12H9BrF2O. The predicted octanol–water partition coefficient (Wildman–Crippen LogP) is 4.25. The Kier molecular flexibility index (Phi) is 3.39. The van der Waals surface area contributed by atoms with Crippen LogP contribution in [0.1, 0.15) is 0 Å². The largest absolute Gasteiger partial charge is 0.488 e. The minimum atomic E-state index is -2.45. The minimum Gasteiger partial charge on any atom is -0.488 e. The van der Waals surface area contributed by atoms with Crippen LogP contribution in [0.5, 0.6) is 5.75 Å². The summed E-state index contributed by atoms with van der Waals surface area (Å²) in [5.41, 5.74) is 0. The van der Waals surface area contributed by atoms with E-state index in [9.17, 15) is 8.78 Å². The Bertz CT molecular complexity index is 499. The lowest BCUT2D eigenvalue weighted by molar-refractivity contribution is 0.0819. The summed E-state index contributed by atoms with van der Waals surface area (Å²) in [5, 5.41) is 1.99. The molecule has 2 aromatic rings. The van der Waals surface area contributed by atoms with Gasteiger partial charge in [-0.1, -0.05) is 40.2 Å². The van der Waals surface area contributed by atoms with Crippen molar-refractivity contribution in [3.8, 4) is 5.75 Å². The molecule has 0 aliphatic heterocycles. The highest BCUT2D eigenvalue weighted by Crippen LogP contribution is 2.29. The molecule has 0 N–H and O–H groups in total. The number of rotatable bonds is 3. The molecule has 0 saturated carbocycles. The van der Waals surface area contributed by atoms with E-state index in [1.807, 2.05) is 24.3 Å². The first-order chi connectivity index (χ1) is 7.66. The summed E-state index contributed by atoms with van der Waals surface area (Å²) in [6, 6.07) is 11.1. The highest BCUT2D eigenvalue weighted by Gasteiger charge is 2.06. The van der Waals surface area contributed by atoms with Gasteiger partial charge in [0.1, 0.15) is 12.4 Å². The maximum absolute atomic E-state index is 12.0. The van der Waals surface area contributed by atoms with E-state index < -0.39 is 13.0 Å². The molecule has 0 unspecified atom stereocenters. The summed E-state index contributed by atoms with van der Waals surface area (Å²) in [5.74, 6) is 0.450. The van der Waals surface area contributed by atoms with Crippen LogP contribution in [0.3, 0.4) is 0 Å². The standard InChI is InChI=1S/C12H9BrF2O/c13-11-6-9(16-7-12(14)15)5-8-3-1-2-4-10(8)11/h1-6,12H,7H2. The predicted molar refractivity (Wildman–Crippen MR) is 63.1 cm³/mol. The van der Waals surface area contributed by atoms with E-state index in [-0.39, 0.29) is 0 Å². The molecule has 1 nitrogen and oxygen atoms in total. The molecule has 0 fully saturated rings. The number of alkyl halides is 2. The van der Waals surface area contributed by atoms with Crippen molar-refractivity contribution < 1.29 is 13.5 Å².